The lowest BCUT2D eigenvalue weighted by Crippen LogP contribution is -2.47. The third kappa shape index (κ3) is 7.38. The molecule has 0 radical (unpaired) electrons. The number of ether oxygens (including phenoxy) is 1. The molecule has 1 amide bonds. The van der Waals surface area contributed by atoms with Crippen molar-refractivity contribution in [2.45, 2.75) is 43.9 Å². The van der Waals surface area contributed by atoms with E-state index in [1.807, 2.05) is 32.2 Å². The number of aliphatic hydroxyl groups excluding tert-OH is 1. The summed E-state index contributed by atoms with van der Waals surface area (Å²) < 4.78 is 48.1. The molecule has 4 rings (SSSR count). The number of nitrogens with one attached hydrogen (secondary N) is 1. The van der Waals surface area contributed by atoms with Crippen LogP contribution in [-0.4, -0.2) is 68.1 Å². The first-order valence-corrected chi connectivity index (χ1v) is 14.7. The van der Waals surface area contributed by atoms with Crippen LogP contribution >= 0.6 is 0 Å². The summed E-state index contributed by atoms with van der Waals surface area (Å²) in [6.07, 6.45) is -0.307. The first-order valence-electron chi connectivity index (χ1n) is 13.3. The number of likely N-dealkylation sites (N-methyl/N-ethyl adjacent to an activating group) is 1. The number of fused-ring (bicyclic) bond motifs is 1. The smallest absolute Gasteiger partial charge is 0.261 e. The third-order valence-corrected chi connectivity index (χ3v) is 8.48. The van der Waals surface area contributed by atoms with Gasteiger partial charge >= 0.3 is 0 Å². The van der Waals surface area contributed by atoms with Gasteiger partial charge in [0.15, 0.2) is 0 Å². The topological polar surface area (TPSA) is 99.2 Å². The van der Waals surface area contributed by atoms with Crippen molar-refractivity contribution in [1.29, 1.82) is 0 Å². The number of carbonyl (C=O) groups is 1. The van der Waals surface area contributed by atoms with E-state index in [4.69, 9.17) is 4.74 Å². The van der Waals surface area contributed by atoms with Crippen LogP contribution in [0.4, 0.5) is 10.1 Å². The van der Waals surface area contributed by atoms with Crippen molar-refractivity contribution in [3.63, 3.8) is 0 Å². The molecule has 0 saturated carbocycles. The molecule has 0 unspecified atom stereocenters. The Morgan fingerprint density at radius 1 is 1.12 bits per heavy atom. The number of aliphatic hydroxyl groups is 1. The van der Waals surface area contributed by atoms with Gasteiger partial charge in [-0.15, -0.1) is 0 Å². The maximum absolute atomic E-state index is 13.4. The lowest BCUT2D eigenvalue weighted by atomic mass is 10.0. The minimum Gasteiger partial charge on any atom is -0.488 e. The Bertz CT molecular complexity index is 1400. The number of sulfonamides is 1. The first-order chi connectivity index (χ1) is 19.1. The van der Waals surface area contributed by atoms with Crippen LogP contribution in [-0.2, 0) is 27.8 Å². The molecule has 3 aromatic carbocycles. The largest absolute Gasteiger partial charge is 0.488 e. The molecule has 0 aromatic heterocycles. The SMILES string of the molecule is C[C@@H]1CN([C@H](C)CO)C(=O)Cc2cc(NS(=O)(=O)c3ccc(F)cc3)ccc2O[C@@H]1CN(C)Cc1ccccc1. The molecule has 40 heavy (non-hydrogen) atoms. The molecule has 0 saturated heterocycles. The average molecular weight is 570 g/mol. The van der Waals surface area contributed by atoms with Crippen LogP contribution in [0.25, 0.3) is 0 Å². The molecule has 1 heterocycles. The van der Waals surface area contributed by atoms with E-state index in [9.17, 15) is 22.7 Å². The molecule has 3 aromatic rings. The van der Waals surface area contributed by atoms with E-state index in [0.29, 0.717) is 24.4 Å². The summed E-state index contributed by atoms with van der Waals surface area (Å²) in [5, 5.41) is 9.86. The fourth-order valence-corrected chi connectivity index (χ4v) is 5.86. The van der Waals surface area contributed by atoms with Gasteiger partial charge in [-0.1, -0.05) is 37.3 Å². The van der Waals surface area contributed by atoms with Crippen molar-refractivity contribution in [3.8, 4) is 5.75 Å². The van der Waals surface area contributed by atoms with Crippen LogP contribution in [0.15, 0.2) is 77.7 Å². The molecule has 8 nitrogen and oxygen atoms in total. The second kappa shape index (κ2) is 12.8. The fourth-order valence-electron chi connectivity index (χ4n) is 4.81. The van der Waals surface area contributed by atoms with Crippen molar-refractivity contribution in [2.24, 2.45) is 5.92 Å². The molecule has 0 aliphatic carbocycles. The van der Waals surface area contributed by atoms with Gasteiger partial charge in [0.25, 0.3) is 10.0 Å². The molecule has 10 heteroatoms. The fraction of sp³-hybridized carbons (Fsp3) is 0.367. The van der Waals surface area contributed by atoms with E-state index in [0.717, 1.165) is 18.7 Å². The summed E-state index contributed by atoms with van der Waals surface area (Å²) in [5.74, 6) is -0.276. The second-order valence-electron chi connectivity index (χ2n) is 10.5. The quantitative estimate of drug-likeness (QED) is 0.406. The Morgan fingerprint density at radius 2 is 1.82 bits per heavy atom. The Kier molecular flexibility index (Phi) is 9.44. The molecule has 0 bridgehead atoms. The number of halogens is 1. The second-order valence-corrected chi connectivity index (χ2v) is 12.1. The Morgan fingerprint density at radius 3 is 2.50 bits per heavy atom. The van der Waals surface area contributed by atoms with E-state index < -0.39 is 15.8 Å². The van der Waals surface area contributed by atoms with Gasteiger partial charge in [-0.2, -0.15) is 0 Å². The van der Waals surface area contributed by atoms with Gasteiger partial charge in [0.1, 0.15) is 17.7 Å². The zero-order valence-electron chi connectivity index (χ0n) is 23.0. The number of rotatable bonds is 9. The average Bonchev–Trinajstić information content (AvgIpc) is 2.96. The van der Waals surface area contributed by atoms with Gasteiger partial charge in [-0.3, -0.25) is 14.4 Å². The van der Waals surface area contributed by atoms with Crippen molar-refractivity contribution >= 4 is 21.6 Å². The zero-order valence-corrected chi connectivity index (χ0v) is 23.8. The molecule has 0 fully saturated rings. The third-order valence-electron chi connectivity index (χ3n) is 7.08. The highest BCUT2D eigenvalue weighted by Crippen LogP contribution is 2.30. The van der Waals surface area contributed by atoms with Crippen LogP contribution in [0.1, 0.15) is 25.0 Å². The van der Waals surface area contributed by atoms with Gasteiger partial charge in [-0.05, 0) is 62.0 Å². The number of nitrogens with zero attached hydrogens (tertiary/aromatic N) is 2. The molecule has 214 valence electrons. The molecule has 2 N–H and O–H groups in total. The van der Waals surface area contributed by atoms with Crippen molar-refractivity contribution in [2.75, 3.05) is 31.5 Å². The normalized spacial score (nSPS) is 18.8. The summed E-state index contributed by atoms with van der Waals surface area (Å²) in [4.78, 5) is 17.2. The first kappa shape index (κ1) is 29.5. The number of hydrogen-bond acceptors (Lipinski definition) is 6. The Hall–Kier alpha value is -3.47. The maximum atomic E-state index is 13.4. The Labute approximate surface area is 235 Å². The lowest BCUT2D eigenvalue weighted by molar-refractivity contribution is -0.134. The number of anilines is 1. The minimum absolute atomic E-state index is 0.0227. The molecular weight excluding hydrogens is 533 g/mol. The van der Waals surface area contributed by atoms with E-state index >= 15 is 0 Å². The Balaban J connectivity index is 1.63. The molecule has 1 aliphatic heterocycles. The highest BCUT2D eigenvalue weighted by atomic mass is 32.2. The van der Waals surface area contributed by atoms with Gasteiger partial charge in [0, 0.05) is 36.8 Å². The van der Waals surface area contributed by atoms with Crippen LogP contribution in [0, 0.1) is 11.7 Å². The number of amides is 1. The van der Waals surface area contributed by atoms with Crippen LogP contribution < -0.4 is 9.46 Å². The summed E-state index contributed by atoms with van der Waals surface area (Å²) in [5.41, 5.74) is 1.96. The number of benzene rings is 3. The number of hydrogen-bond donors (Lipinski definition) is 2. The van der Waals surface area contributed by atoms with Gasteiger partial charge in [0.05, 0.1) is 24.0 Å². The predicted molar refractivity (Wildman–Crippen MR) is 152 cm³/mol. The maximum Gasteiger partial charge on any atom is 0.261 e. The molecule has 1 aliphatic rings. The van der Waals surface area contributed by atoms with Crippen molar-refractivity contribution in [3.05, 3.63) is 89.7 Å². The van der Waals surface area contributed by atoms with E-state index in [-0.39, 0.29) is 47.6 Å². The van der Waals surface area contributed by atoms with E-state index in [1.54, 1.807) is 30.0 Å². The van der Waals surface area contributed by atoms with Crippen molar-refractivity contribution in [1.82, 2.24) is 9.80 Å². The lowest BCUT2D eigenvalue weighted by Gasteiger charge is -2.34. The zero-order chi connectivity index (χ0) is 28.9. The molecule has 3 atom stereocenters. The molecule has 0 spiro atoms. The van der Waals surface area contributed by atoms with Crippen LogP contribution in [0.3, 0.4) is 0 Å². The summed E-state index contributed by atoms with van der Waals surface area (Å²) in [6, 6.07) is 19.1. The summed E-state index contributed by atoms with van der Waals surface area (Å²) in [7, 11) is -1.96. The van der Waals surface area contributed by atoms with Gasteiger partial charge < -0.3 is 14.7 Å². The monoisotopic (exact) mass is 569 g/mol. The van der Waals surface area contributed by atoms with Gasteiger partial charge in [-0.25, -0.2) is 12.8 Å². The summed E-state index contributed by atoms with van der Waals surface area (Å²) >= 11 is 0. The minimum atomic E-state index is -3.98. The van der Waals surface area contributed by atoms with Crippen molar-refractivity contribution < 1.29 is 27.4 Å². The predicted octanol–water partition coefficient (Wildman–Crippen LogP) is 3.91. The van der Waals surface area contributed by atoms with Crippen LogP contribution in [0.2, 0.25) is 0 Å². The standard InChI is InChI=1S/C30H36FN3O5S/c1-21-17-34(22(2)20-35)30(36)16-24-15-26(32-40(37,38)27-12-9-25(31)10-13-27)11-14-28(24)39-29(21)19-33(3)18-23-7-5-4-6-8-23/h4-15,21-22,29,32,35H,16-20H2,1-3H3/t21-,22-,29-/m1/s1. The van der Waals surface area contributed by atoms with Crippen LogP contribution in [0.5, 0.6) is 5.75 Å². The molecular formula is C30H36FN3O5S. The summed E-state index contributed by atoms with van der Waals surface area (Å²) in [6.45, 7) is 5.37. The number of carbonyl (C=O) groups excluding carboxylic acids is 1. The highest BCUT2D eigenvalue weighted by molar-refractivity contribution is 7.92. The van der Waals surface area contributed by atoms with E-state index in [2.05, 4.69) is 21.8 Å². The van der Waals surface area contributed by atoms with E-state index in [1.165, 1.54) is 17.7 Å². The highest BCUT2D eigenvalue weighted by Gasteiger charge is 2.31. The van der Waals surface area contributed by atoms with Gasteiger partial charge in [0.2, 0.25) is 5.91 Å².